The summed E-state index contributed by atoms with van der Waals surface area (Å²) in [5.74, 6) is -0.182. The van der Waals surface area contributed by atoms with Crippen LogP contribution in [0.3, 0.4) is 0 Å². The van der Waals surface area contributed by atoms with Gasteiger partial charge in [-0.1, -0.05) is 6.07 Å². The molecule has 192 valence electrons. The zero-order chi connectivity index (χ0) is 26.9. The Morgan fingerprint density at radius 1 is 0.895 bits per heavy atom. The molecule has 1 fully saturated rings. The topological polar surface area (TPSA) is 110 Å². The van der Waals surface area contributed by atoms with Crippen LogP contribution in [-0.4, -0.2) is 31.8 Å². The molecule has 0 saturated heterocycles. The van der Waals surface area contributed by atoms with E-state index in [1.54, 1.807) is 30.6 Å². The lowest BCUT2D eigenvalue weighted by atomic mass is 9.99. The zero-order valence-electron chi connectivity index (χ0n) is 20.1. The van der Waals surface area contributed by atoms with Crippen LogP contribution in [0.2, 0.25) is 0 Å². The van der Waals surface area contributed by atoms with E-state index in [0.29, 0.717) is 22.8 Å². The molecular formula is C27H21F3N6O2. The van der Waals surface area contributed by atoms with Crippen molar-refractivity contribution in [3.05, 3.63) is 84.2 Å². The van der Waals surface area contributed by atoms with Crippen molar-refractivity contribution in [1.82, 2.24) is 19.9 Å². The number of alkyl halides is 3. The van der Waals surface area contributed by atoms with E-state index in [0.717, 1.165) is 47.9 Å². The molecule has 0 unspecified atom stereocenters. The molecule has 1 aromatic carbocycles. The van der Waals surface area contributed by atoms with Crippen LogP contribution in [0.15, 0.2) is 67.4 Å². The number of aromatic nitrogens is 4. The Labute approximate surface area is 215 Å². The Balaban J connectivity index is 1.36. The molecular weight excluding hydrogens is 497 g/mol. The summed E-state index contributed by atoms with van der Waals surface area (Å²) in [4.78, 5) is 40.8. The largest absolute Gasteiger partial charge is 0.433 e. The van der Waals surface area contributed by atoms with E-state index in [4.69, 9.17) is 0 Å². The fourth-order valence-corrected chi connectivity index (χ4v) is 3.79. The Morgan fingerprint density at radius 3 is 2.39 bits per heavy atom. The average molecular weight is 518 g/mol. The Morgan fingerprint density at radius 2 is 1.68 bits per heavy atom. The Bertz CT molecular complexity index is 1520. The smallest absolute Gasteiger partial charge is 0.322 e. The summed E-state index contributed by atoms with van der Waals surface area (Å²) in [6, 6.07) is 10.7. The summed E-state index contributed by atoms with van der Waals surface area (Å²) in [7, 11) is 0. The van der Waals surface area contributed by atoms with Gasteiger partial charge in [0.15, 0.2) is 0 Å². The molecule has 3 aromatic heterocycles. The van der Waals surface area contributed by atoms with Gasteiger partial charge in [0.2, 0.25) is 5.91 Å². The van der Waals surface area contributed by atoms with Crippen LogP contribution in [0.25, 0.3) is 22.4 Å². The van der Waals surface area contributed by atoms with Gasteiger partial charge >= 0.3 is 6.18 Å². The van der Waals surface area contributed by atoms with Crippen LogP contribution < -0.4 is 10.6 Å². The molecule has 38 heavy (non-hydrogen) atoms. The van der Waals surface area contributed by atoms with Crippen molar-refractivity contribution in [3.8, 4) is 22.4 Å². The monoisotopic (exact) mass is 518 g/mol. The van der Waals surface area contributed by atoms with Crippen molar-refractivity contribution < 1.29 is 22.8 Å². The number of hydrogen-bond acceptors (Lipinski definition) is 6. The van der Waals surface area contributed by atoms with Crippen molar-refractivity contribution in [3.63, 3.8) is 0 Å². The van der Waals surface area contributed by atoms with Gasteiger partial charge in [-0.25, -0.2) is 9.97 Å². The fourth-order valence-electron chi connectivity index (χ4n) is 3.79. The van der Waals surface area contributed by atoms with Gasteiger partial charge in [-0.3, -0.25) is 19.6 Å². The molecule has 2 N–H and O–H groups in total. The predicted molar refractivity (Wildman–Crippen MR) is 134 cm³/mol. The Hall–Kier alpha value is -4.67. The van der Waals surface area contributed by atoms with Gasteiger partial charge < -0.3 is 10.6 Å². The predicted octanol–water partition coefficient (Wildman–Crippen LogP) is 5.53. The number of nitrogens with zero attached hydrogens (tertiary/aromatic N) is 4. The first kappa shape index (κ1) is 25.0. The highest BCUT2D eigenvalue weighted by molar-refractivity contribution is 6.04. The lowest BCUT2D eigenvalue weighted by Crippen LogP contribution is -2.14. The highest BCUT2D eigenvalue weighted by Gasteiger charge is 2.32. The molecule has 0 spiro atoms. The number of rotatable bonds is 6. The molecule has 1 saturated carbocycles. The van der Waals surface area contributed by atoms with Crippen molar-refractivity contribution in [1.29, 1.82) is 0 Å². The molecule has 2 amide bonds. The van der Waals surface area contributed by atoms with Crippen LogP contribution in [-0.2, 0) is 11.0 Å². The van der Waals surface area contributed by atoms with Gasteiger partial charge in [0.25, 0.3) is 5.91 Å². The van der Waals surface area contributed by atoms with Gasteiger partial charge in [0.1, 0.15) is 17.8 Å². The lowest BCUT2D eigenvalue weighted by molar-refractivity contribution is -0.141. The van der Waals surface area contributed by atoms with Crippen molar-refractivity contribution in [2.45, 2.75) is 25.9 Å². The summed E-state index contributed by atoms with van der Waals surface area (Å²) < 4.78 is 38.3. The third-order valence-electron chi connectivity index (χ3n) is 6.02. The second kappa shape index (κ2) is 10.0. The molecule has 11 heteroatoms. The van der Waals surface area contributed by atoms with E-state index in [9.17, 15) is 22.8 Å². The van der Waals surface area contributed by atoms with Gasteiger partial charge in [-0.15, -0.1) is 0 Å². The molecule has 1 aliphatic carbocycles. The molecule has 3 heterocycles. The minimum absolute atomic E-state index is 0.00266. The third-order valence-corrected chi connectivity index (χ3v) is 6.02. The first-order valence-electron chi connectivity index (χ1n) is 11.7. The third kappa shape index (κ3) is 5.66. The second-order valence-electron chi connectivity index (χ2n) is 8.93. The molecule has 8 nitrogen and oxygen atoms in total. The molecule has 5 rings (SSSR count). The molecule has 0 atom stereocenters. The van der Waals surface area contributed by atoms with E-state index >= 15 is 0 Å². The number of carbonyl (C=O) groups excluding carboxylic acids is 2. The summed E-state index contributed by atoms with van der Waals surface area (Å²) >= 11 is 0. The number of benzene rings is 1. The highest BCUT2D eigenvalue weighted by atomic mass is 19.4. The first-order valence-corrected chi connectivity index (χ1v) is 11.7. The van der Waals surface area contributed by atoms with Gasteiger partial charge in [0.05, 0.1) is 11.3 Å². The van der Waals surface area contributed by atoms with Gasteiger partial charge in [0, 0.05) is 47.4 Å². The van der Waals surface area contributed by atoms with Crippen molar-refractivity contribution in [2.24, 2.45) is 5.92 Å². The van der Waals surface area contributed by atoms with E-state index in [1.807, 2.05) is 19.1 Å². The van der Waals surface area contributed by atoms with Crippen LogP contribution in [0.1, 0.15) is 34.5 Å². The van der Waals surface area contributed by atoms with Crippen LogP contribution in [0, 0.1) is 12.8 Å². The number of carbonyl (C=O) groups is 2. The number of halogens is 3. The number of amides is 2. The van der Waals surface area contributed by atoms with Crippen LogP contribution >= 0.6 is 0 Å². The second-order valence-corrected chi connectivity index (χ2v) is 8.93. The number of hydrogen-bond donors (Lipinski definition) is 2. The normalized spacial score (nSPS) is 13.2. The number of pyridine rings is 2. The number of nitrogens with one attached hydrogen (secondary N) is 2. The van der Waals surface area contributed by atoms with E-state index in [2.05, 4.69) is 30.6 Å². The Kier molecular flexibility index (Phi) is 6.58. The van der Waals surface area contributed by atoms with E-state index in [1.165, 1.54) is 6.33 Å². The van der Waals surface area contributed by atoms with Crippen LogP contribution in [0.4, 0.5) is 24.7 Å². The van der Waals surface area contributed by atoms with Crippen molar-refractivity contribution >= 4 is 23.3 Å². The first-order chi connectivity index (χ1) is 18.2. The highest BCUT2D eigenvalue weighted by Crippen LogP contribution is 2.32. The number of aryl methyl sites for hydroxylation is 1. The molecule has 0 bridgehead atoms. The maximum Gasteiger partial charge on any atom is 0.433 e. The minimum Gasteiger partial charge on any atom is -0.322 e. The maximum absolute atomic E-state index is 12.8. The summed E-state index contributed by atoms with van der Waals surface area (Å²) in [5, 5.41) is 5.51. The summed E-state index contributed by atoms with van der Waals surface area (Å²) in [5.41, 5.74) is 3.13. The summed E-state index contributed by atoms with van der Waals surface area (Å²) in [6.45, 7) is 1.91. The molecule has 0 aliphatic heterocycles. The molecule has 0 radical (unpaired) electrons. The molecule has 4 aromatic rings. The van der Waals surface area contributed by atoms with Crippen LogP contribution in [0.5, 0.6) is 0 Å². The van der Waals surface area contributed by atoms with E-state index < -0.39 is 17.8 Å². The average Bonchev–Trinajstić information content (AvgIpc) is 3.75. The standard InChI is InChI=1S/C27H21F3N6O2/c1-15-2-6-20(35-26(38)17-5-7-23(32-13-17)27(28,29)30)9-21(15)18-8-19(12-31-11-18)22-10-24(34-14-33-22)36-25(37)16-3-4-16/h2,5-14,16H,3-4H2,1H3,(H,35,38)(H,33,34,36,37). The fraction of sp³-hybridized carbons (Fsp3) is 0.185. The van der Waals surface area contributed by atoms with Gasteiger partial charge in [-0.2, -0.15) is 13.2 Å². The minimum atomic E-state index is -4.58. The van der Waals surface area contributed by atoms with Crippen molar-refractivity contribution in [2.75, 3.05) is 10.6 Å². The number of anilines is 2. The zero-order valence-corrected chi connectivity index (χ0v) is 20.1. The molecule has 1 aliphatic rings. The van der Waals surface area contributed by atoms with E-state index in [-0.39, 0.29) is 17.4 Å². The maximum atomic E-state index is 12.8. The summed E-state index contributed by atoms with van der Waals surface area (Å²) in [6.07, 6.45) is 2.78. The SMILES string of the molecule is Cc1ccc(NC(=O)c2ccc(C(F)(F)F)nc2)cc1-c1cncc(-c2cc(NC(=O)C3CC3)ncn2)c1. The quantitative estimate of drug-likeness (QED) is 0.347. The van der Waals surface area contributed by atoms with Gasteiger partial charge in [-0.05, 0) is 61.2 Å². The lowest BCUT2D eigenvalue weighted by Gasteiger charge is -2.12.